The topological polar surface area (TPSA) is 40.5 Å². The Morgan fingerprint density at radius 3 is 2.24 bits per heavy atom. The molecular formula is C14H11BrO2. The van der Waals surface area contributed by atoms with Gasteiger partial charge in [-0.2, -0.15) is 0 Å². The second-order valence-corrected chi connectivity index (χ2v) is 5.12. The molecule has 3 rings (SSSR count). The minimum atomic E-state index is -0.854. The van der Waals surface area contributed by atoms with Gasteiger partial charge in [0.25, 0.3) is 0 Å². The lowest BCUT2D eigenvalue weighted by Crippen LogP contribution is -2.17. The van der Waals surface area contributed by atoms with Crippen LogP contribution in [0.5, 0.6) is 0 Å². The molecule has 3 heteroatoms. The van der Waals surface area contributed by atoms with E-state index in [1.165, 1.54) is 0 Å². The third-order valence-electron chi connectivity index (χ3n) is 3.20. The summed E-state index contributed by atoms with van der Waals surface area (Å²) in [5.41, 5.74) is 3.53. The van der Waals surface area contributed by atoms with Gasteiger partial charge in [-0.25, -0.2) is 0 Å². The second-order valence-electron chi connectivity index (χ2n) is 4.21. The number of halogens is 1. The van der Waals surface area contributed by atoms with Crippen LogP contribution in [0.4, 0.5) is 0 Å². The Bertz CT molecular complexity index is 580. The van der Waals surface area contributed by atoms with Gasteiger partial charge in [0, 0.05) is 4.47 Å². The van der Waals surface area contributed by atoms with Crippen molar-refractivity contribution in [3.05, 3.63) is 58.1 Å². The van der Waals surface area contributed by atoms with E-state index < -0.39 is 12.2 Å². The molecule has 2 aromatic carbocycles. The number of aliphatic hydroxyl groups excluding tert-OH is 2. The van der Waals surface area contributed by atoms with Crippen LogP contribution in [0.1, 0.15) is 23.3 Å². The quantitative estimate of drug-likeness (QED) is 0.782. The number of hydrogen-bond acceptors (Lipinski definition) is 2. The van der Waals surface area contributed by atoms with E-state index in [1.54, 1.807) is 0 Å². The number of rotatable bonds is 0. The predicted octanol–water partition coefficient (Wildman–Crippen LogP) is 3.20. The first-order chi connectivity index (χ1) is 8.18. The summed E-state index contributed by atoms with van der Waals surface area (Å²) in [4.78, 5) is 0. The summed E-state index contributed by atoms with van der Waals surface area (Å²) in [6.45, 7) is 0. The third kappa shape index (κ3) is 1.62. The average molecular weight is 291 g/mol. The smallest absolute Gasteiger partial charge is 0.110 e. The van der Waals surface area contributed by atoms with Crippen LogP contribution < -0.4 is 0 Å². The summed E-state index contributed by atoms with van der Waals surface area (Å²) in [5, 5.41) is 20.2. The Morgan fingerprint density at radius 2 is 1.47 bits per heavy atom. The van der Waals surface area contributed by atoms with Crippen LogP contribution in [0.2, 0.25) is 0 Å². The number of fused-ring (bicyclic) bond motifs is 3. The van der Waals surface area contributed by atoms with E-state index in [2.05, 4.69) is 15.9 Å². The minimum absolute atomic E-state index is 0.777. The lowest BCUT2D eigenvalue weighted by Gasteiger charge is -2.29. The van der Waals surface area contributed by atoms with Crippen molar-refractivity contribution >= 4 is 15.9 Å². The summed E-state index contributed by atoms with van der Waals surface area (Å²) in [6, 6.07) is 13.3. The highest BCUT2D eigenvalue weighted by atomic mass is 79.9. The molecule has 2 nitrogen and oxygen atoms in total. The summed E-state index contributed by atoms with van der Waals surface area (Å²) >= 11 is 3.43. The van der Waals surface area contributed by atoms with Crippen LogP contribution in [-0.4, -0.2) is 10.2 Å². The zero-order valence-corrected chi connectivity index (χ0v) is 10.6. The van der Waals surface area contributed by atoms with Crippen LogP contribution >= 0.6 is 15.9 Å². The number of benzene rings is 2. The van der Waals surface area contributed by atoms with Gasteiger partial charge < -0.3 is 10.2 Å². The largest absolute Gasteiger partial charge is 0.385 e. The maximum absolute atomic E-state index is 10.1. The van der Waals surface area contributed by atoms with Gasteiger partial charge in [-0.3, -0.25) is 0 Å². The van der Waals surface area contributed by atoms with Crippen LogP contribution in [-0.2, 0) is 0 Å². The van der Waals surface area contributed by atoms with Crippen molar-refractivity contribution in [2.24, 2.45) is 0 Å². The Kier molecular flexibility index (Phi) is 2.54. The van der Waals surface area contributed by atoms with Crippen molar-refractivity contribution in [2.75, 3.05) is 0 Å². The van der Waals surface area contributed by atoms with E-state index in [0.29, 0.717) is 0 Å². The van der Waals surface area contributed by atoms with Crippen molar-refractivity contribution in [3.8, 4) is 11.1 Å². The molecule has 2 aromatic rings. The molecule has 2 N–H and O–H groups in total. The Morgan fingerprint density at radius 1 is 0.824 bits per heavy atom. The molecule has 86 valence electrons. The first-order valence-corrected chi connectivity index (χ1v) is 6.22. The molecule has 0 saturated carbocycles. The Balaban J connectivity index is 2.33. The fourth-order valence-electron chi connectivity index (χ4n) is 2.36. The maximum Gasteiger partial charge on any atom is 0.110 e. The van der Waals surface area contributed by atoms with E-state index in [1.807, 2.05) is 42.5 Å². The molecule has 2 atom stereocenters. The van der Waals surface area contributed by atoms with Gasteiger partial charge in [0.1, 0.15) is 12.2 Å². The monoisotopic (exact) mass is 290 g/mol. The van der Waals surface area contributed by atoms with Crippen molar-refractivity contribution in [1.82, 2.24) is 0 Å². The van der Waals surface area contributed by atoms with Gasteiger partial charge >= 0.3 is 0 Å². The van der Waals surface area contributed by atoms with E-state index >= 15 is 0 Å². The van der Waals surface area contributed by atoms with Crippen molar-refractivity contribution < 1.29 is 10.2 Å². The van der Waals surface area contributed by atoms with Crippen molar-refractivity contribution in [3.63, 3.8) is 0 Å². The lowest BCUT2D eigenvalue weighted by molar-refractivity contribution is 0.0158. The first kappa shape index (κ1) is 11.0. The van der Waals surface area contributed by atoms with Crippen LogP contribution in [0.25, 0.3) is 11.1 Å². The maximum atomic E-state index is 10.1. The van der Waals surface area contributed by atoms with Gasteiger partial charge in [-0.05, 0) is 34.4 Å². The molecule has 0 bridgehead atoms. The van der Waals surface area contributed by atoms with Gasteiger partial charge in [0.15, 0.2) is 0 Å². The van der Waals surface area contributed by atoms with Gasteiger partial charge in [-0.1, -0.05) is 46.3 Å². The summed E-state index contributed by atoms with van der Waals surface area (Å²) in [6.07, 6.45) is -1.70. The zero-order valence-electron chi connectivity index (χ0n) is 8.97. The van der Waals surface area contributed by atoms with Crippen molar-refractivity contribution in [1.29, 1.82) is 0 Å². The predicted molar refractivity (Wildman–Crippen MR) is 69.5 cm³/mol. The van der Waals surface area contributed by atoms with Gasteiger partial charge in [-0.15, -0.1) is 0 Å². The normalized spacial score (nSPS) is 21.8. The molecule has 0 heterocycles. The highest BCUT2D eigenvalue weighted by Gasteiger charge is 2.30. The van der Waals surface area contributed by atoms with Crippen LogP contribution in [0.3, 0.4) is 0 Å². The van der Waals surface area contributed by atoms with E-state index in [0.717, 1.165) is 26.7 Å². The fraction of sp³-hybridized carbons (Fsp3) is 0.143. The lowest BCUT2D eigenvalue weighted by atomic mass is 9.82. The Labute approximate surface area is 108 Å². The van der Waals surface area contributed by atoms with Crippen molar-refractivity contribution in [2.45, 2.75) is 12.2 Å². The average Bonchev–Trinajstić information content (AvgIpc) is 2.36. The second kappa shape index (κ2) is 3.95. The molecule has 0 saturated heterocycles. The molecule has 0 spiro atoms. The van der Waals surface area contributed by atoms with E-state index in [4.69, 9.17) is 0 Å². The number of aliphatic hydroxyl groups is 2. The van der Waals surface area contributed by atoms with Crippen LogP contribution in [0, 0.1) is 0 Å². The van der Waals surface area contributed by atoms with Crippen LogP contribution in [0.15, 0.2) is 46.9 Å². The first-order valence-electron chi connectivity index (χ1n) is 5.43. The molecule has 17 heavy (non-hydrogen) atoms. The molecule has 0 amide bonds. The van der Waals surface area contributed by atoms with E-state index in [-0.39, 0.29) is 0 Å². The minimum Gasteiger partial charge on any atom is -0.385 e. The molecule has 1 aliphatic rings. The highest BCUT2D eigenvalue weighted by molar-refractivity contribution is 9.10. The third-order valence-corrected chi connectivity index (χ3v) is 3.70. The standard InChI is InChI=1S/C14H11BrO2/c15-8-5-6-11-12(7-8)9-3-1-2-4-10(9)13(16)14(11)17/h1-7,13-14,16-17H. The van der Waals surface area contributed by atoms with Gasteiger partial charge in [0.2, 0.25) is 0 Å². The van der Waals surface area contributed by atoms with Gasteiger partial charge in [0.05, 0.1) is 0 Å². The summed E-state index contributed by atoms with van der Waals surface area (Å²) in [7, 11) is 0. The molecule has 1 aliphatic carbocycles. The fourth-order valence-corrected chi connectivity index (χ4v) is 2.72. The Hall–Kier alpha value is -1.16. The zero-order chi connectivity index (χ0) is 12.0. The SMILES string of the molecule is OC1c2ccccc2-c2cc(Br)ccc2C1O. The molecule has 0 aromatic heterocycles. The molecule has 0 fully saturated rings. The molecule has 0 radical (unpaired) electrons. The van der Waals surface area contributed by atoms with E-state index in [9.17, 15) is 10.2 Å². The molecule has 0 aliphatic heterocycles. The summed E-state index contributed by atoms with van der Waals surface area (Å²) < 4.78 is 0.967. The molecular weight excluding hydrogens is 280 g/mol. The number of hydrogen-bond donors (Lipinski definition) is 2. The summed E-state index contributed by atoms with van der Waals surface area (Å²) in [5.74, 6) is 0. The molecule has 2 unspecified atom stereocenters. The highest BCUT2D eigenvalue weighted by Crippen LogP contribution is 2.44.